The van der Waals surface area contributed by atoms with E-state index in [1.807, 2.05) is 6.92 Å². The van der Waals surface area contributed by atoms with Crippen LogP contribution in [0.2, 0.25) is 0 Å². The molecule has 0 aromatic rings. The Kier molecular flexibility index (Phi) is 9.46. The minimum atomic E-state index is -0.822. The lowest BCUT2D eigenvalue weighted by Gasteiger charge is -2.29. The summed E-state index contributed by atoms with van der Waals surface area (Å²) in [5, 5.41) is 14.4. The SMILES string of the molecule is CCC(CNC(=O)NCC(CC)(CC)SC)CC(=O)O. The fourth-order valence-electron chi connectivity index (χ4n) is 2.01. The molecule has 0 bridgehead atoms. The van der Waals surface area contributed by atoms with Crippen LogP contribution < -0.4 is 10.6 Å². The van der Waals surface area contributed by atoms with Crippen LogP contribution in [0.1, 0.15) is 46.5 Å². The summed E-state index contributed by atoms with van der Waals surface area (Å²) in [6.07, 6.45) is 4.90. The molecule has 1 unspecified atom stereocenters. The van der Waals surface area contributed by atoms with Gasteiger partial charge in [-0.25, -0.2) is 4.79 Å². The molecule has 0 rings (SSSR count). The highest BCUT2D eigenvalue weighted by atomic mass is 32.2. The Morgan fingerprint density at radius 2 is 1.80 bits per heavy atom. The van der Waals surface area contributed by atoms with Crippen molar-refractivity contribution in [2.24, 2.45) is 5.92 Å². The third-order valence-corrected chi connectivity index (χ3v) is 5.47. The molecule has 3 N–H and O–H groups in total. The fraction of sp³-hybridized carbons (Fsp3) is 0.857. The quantitative estimate of drug-likeness (QED) is 0.580. The van der Waals surface area contributed by atoms with E-state index in [-0.39, 0.29) is 23.1 Å². The minimum Gasteiger partial charge on any atom is -0.481 e. The molecule has 0 saturated carbocycles. The van der Waals surface area contributed by atoms with Crippen LogP contribution in [0.15, 0.2) is 0 Å². The van der Waals surface area contributed by atoms with Crippen LogP contribution in [-0.4, -0.2) is 41.2 Å². The maximum absolute atomic E-state index is 11.8. The Morgan fingerprint density at radius 3 is 2.20 bits per heavy atom. The zero-order valence-electron chi connectivity index (χ0n) is 13.0. The van der Waals surface area contributed by atoms with Crippen molar-refractivity contribution < 1.29 is 14.7 Å². The highest BCUT2D eigenvalue weighted by Crippen LogP contribution is 2.29. The van der Waals surface area contributed by atoms with Gasteiger partial charge in [0.2, 0.25) is 0 Å². The number of carboxylic acid groups (broad SMARTS) is 1. The number of carbonyl (C=O) groups excluding carboxylic acids is 1. The number of aliphatic carboxylic acids is 1. The molecule has 5 nitrogen and oxygen atoms in total. The molecule has 0 aliphatic rings. The summed E-state index contributed by atoms with van der Waals surface area (Å²) < 4.78 is 0.0859. The molecule has 0 fully saturated rings. The van der Waals surface area contributed by atoms with Crippen molar-refractivity contribution in [2.75, 3.05) is 19.3 Å². The Bertz CT molecular complexity index is 299. The van der Waals surface area contributed by atoms with Crippen LogP contribution in [-0.2, 0) is 4.79 Å². The van der Waals surface area contributed by atoms with E-state index in [9.17, 15) is 9.59 Å². The number of carbonyl (C=O) groups is 2. The first-order valence-electron chi connectivity index (χ1n) is 7.21. The lowest BCUT2D eigenvalue weighted by atomic mass is 10.0. The van der Waals surface area contributed by atoms with Gasteiger partial charge in [-0.05, 0) is 25.0 Å². The molecule has 0 heterocycles. The molecule has 1 atom stereocenters. The van der Waals surface area contributed by atoms with Crippen molar-refractivity contribution in [3.63, 3.8) is 0 Å². The molecule has 2 amide bonds. The third kappa shape index (κ3) is 7.03. The number of hydrogen-bond donors (Lipinski definition) is 3. The van der Waals surface area contributed by atoms with Gasteiger partial charge in [-0.3, -0.25) is 4.79 Å². The zero-order chi connectivity index (χ0) is 15.6. The summed E-state index contributed by atoms with van der Waals surface area (Å²) >= 11 is 1.78. The maximum Gasteiger partial charge on any atom is 0.314 e. The molecule has 118 valence electrons. The van der Waals surface area contributed by atoms with Crippen molar-refractivity contribution in [2.45, 2.75) is 51.2 Å². The second-order valence-corrected chi connectivity index (χ2v) is 6.30. The first-order chi connectivity index (χ1) is 9.42. The predicted molar refractivity (Wildman–Crippen MR) is 84.3 cm³/mol. The van der Waals surface area contributed by atoms with E-state index in [1.54, 1.807) is 11.8 Å². The summed E-state index contributed by atoms with van der Waals surface area (Å²) in [5.74, 6) is -0.835. The van der Waals surface area contributed by atoms with E-state index in [0.29, 0.717) is 13.1 Å². The van der Waals surface area contributed by atoms with Crippen molar-refractivity contribution in [3.05, 3.63) is 0 Å². The molecular weight excluding hydrogens is 276 g/mol. The Morgan fingerprint density at radius 1 is 1.20 bits per heavy atom. The van der Waals surface area contributed by atoms with Gasteiger partial charge in [-0.1, -0.05) is 27.2 Å². The average molecular weight is 304 g/mol. The summed E-state index contributed by atoms with van der Waals surface area (Å²) in [7, 11) is 0. The number of nitrogens with one attached hydrogen (secondary N) is 2. The van der Waals surface area contributed by atoms with Gasteiger partial charge >= 0.3 is 12.0 Å². The topological polar surface area (TPSA) is 78.4 Å². The van der Waals surface area contributed by atoms with E-state index in [2.05, 4.69) is 30.7 Å². The van der Waals surface area contributed by atoms with Gasteiger partial charge < -0.3 is 15.7 Å². The van der Waals surface area contributed by atoms with Crippen LogP contribution in [0, 0.1) is 5.92 Å². The molecule has 0 spiro atoms. The van der Waals surface area contributed by atoms with Gasteiger partial charge in [0.25, 0.3) is 0 Å². The number of rotatable bonds is 10. The number of urea groups is 1. The van der Waals surface area contributed by atoms with Gasteiger partial charge in [-0.15, -0.1) is 0 Å². The Labute approximate surface area is 126 Å². The van der Waals surface area contributed by atoms with Gasteiger partial charge in [-0.2, -0.15) is 11.8 Å². The minimum absolute atomic E-state index is 0.0130. The monoisotopic (exact) mass is 304 g/mol. The van der Waals surface area contributed by atoms with Crippen molar-refractivity contribution >= 4 is 23.8 Å². The molecule has 6 heteroatoms. The van der Waals surface area contributed by atoms with Crippen LogP contribution in [0.25, 0.3) is 0 Å². The van der Waals surface area contributed by atoms with Crippen molar-refractivity contribution in [3.8, 4) is 0 Å². The molecule has 0 aromatic carbocycles. The van der Waals surface area contributed by atoms with Crippen LogP contribution in [0.4, 0.5) is 4.79 Å². The van der Waals surface area contributed by atoms with E-state index < -0.39 is 5.97 Å². The highest BCUT2D eigenvalue weighted by Gasteiger charge is 2.25. The van der Waals surface area contributed by atoms with Crippen LogP contribution >= 0.6 is 11.8 Å². The molecule has 0 aliphatic carbocycles. The molecule has 20 heavy (non-hydrogen) atoms. The molecule has 0 saturated heterocycles. The summed E-state index contributed by atoms with van der Waals surface area (Å²) in [6, 6.07) is -0.214. The number of thioether (sulfide) groups is 1. The van der Waals surface area contributed by atoms with Gasteiger partial charge in [0.05, 0.1) is 0 Å². The van der Waals surface area contributed by atoms with Gasteiger partial charge in [0.1, 0.15) is 0 Å². The van der Waals surface area contributed by atoms with Crippen LogP contribution in [0.5, 0.6) is 0 Å². The predicted octanol–water partition coefficient (Wildman–Crippen LogP) is 2.71. The summed E-state index contributed by atoms with van der Waals surface area (Å²) in [4.78, 5) is 22.4. The van der Waals surface area contributed by atoms with Crippen molar-refractivity contribution in [1.82, 2.24) is 10.6 Å². The van der Waals surface area contributed by atoms with E-state index in [0.717, 1.165) is 19.3 Å². The first kappa shape index (κ1) is 19.1. The lowest BCUT2D eigenvalue weighted by Crippen LogP contribution is -2.45. The van der Waals surface area contributed by atoms with E-state index in [4.69, 9.17) is 5.11 Å². The first-order valence-corrected chi connectivity index (χ1v) is 8.44. The largest absolute Gasteiger partial charge is 0.481 e. The molecule has 0 aromatic heterocycles. The van der Waals surface area contributed by atoms with E-state index in [1.165, 1.54) is 0 Å². The second kappa shape index (κ2) is 9.91. The standard InChI is InChI=1S/C14H28N2O3S/c1-5-11(8-12(17)18)9-15-13(19)16-10-14(6-2,7-3)20-4/h11H,5-10H2,1-4H3,(H,17,18)(H2,15,16,19). The van der Waals surface area contributed by atoms with Crippen LogP contribution in [0.3, 0.4) is 0 Å². The third-order valence-electron chi connectivity index (χ3n) is 3.88. The summed E-state index contributed by atoms with van der Waals surface area (Å²) in [6.45, 7) is 7.21. The number of amides is 2. The summed E-state index contributed by atoms with van der Waals surface area (Å²) in [5.41, 5.74) is 0. The zero-order valence-corrected chi connectivity index (χ0v) is 13.8. The van der Waals surface area contributed by atoms with E-state index >= 15 is 0 Å². The Hall–Kier alpha value is -0.910. The van der Waals surface area contributed by atoms with Gasteiger partial charge in [0, 0.05) is 24.3 Å². The Balaban J connectivity index is 4.13. The van der Waals surface area contributed by atoms with Crippen molar-refractivity contribution in [1.29, 1.82) is 0 Å². The van der Waals surface area contributed by atoms with Gasteiger partial charge in [0.15, 0.2) is 0 Å². The second-order valence-electron chi connectivity index (χ2n) is 5.03. The smallest absolute Gasteiger partial charge is 0.314 e. The number of carboxylic acids is 1. The lowest BCUT2D eigenvalue weighted by molar-refractivity contribution is -0.138. The normalized spacial score (nSPS) is 12.8. The fourth-order valence-corrected chi connectivity index (χ4v) is 2.80. The number of hydrogen-bond acceptors (Lipinski definition) is 3. The highest BCUT2D eigenvalue weighted by molar-refractivity contribution is 8.00. The average Bonchev–Trinajstić information content (AvgIpc) is 2.45. The molecular formula is C14H28N2O3S. The maximum atomic E-state index is 11.8. The molecule has 0 aliphatic heterocycles. The molecule has 0 radical (unpaired) electrons.